The van der Waals surface area contributed by atoms with E-state index in [1.807, 2.05) is 13.8 Å². The highest BCUT2D eigenvalue weighted by atomic mass is 19.3. The van der Waals surface area contributed by atoms with Crippen molar-refractivity contribution < 1.29 is 27.8 Å². The highest BCUT2D eigenvalue weighted by Crippen LogP contribution is 2.38. The van der Waals surface area contributed by atoms with Gasteiger partial charge in [-0.2, -0.15) is 8.78 Å². The number of hydrogen-bond acceptors (Lipinski definition) is 4. The number of ether oxygens (including phenoxy) is 2. The van der Waals surface area contributed by atoms with Crippen molar-refractivity contribution in [3.63, 3.8) is 0 Å². The lowest BCUT2D eigenvalue weighted by Crippen LogP contribution is -2.51. The Morgan fingerprint density at radius 3 is 2.46 bits per heavy atom. The number of imide groups is 1. The predicted molar refractivity (Wildman–Crippen MR) is 83.4 cm³/mol. The van der Waals surface area contributed by atoms with E-state index in [1.165, 1.54) is 6.07 Å². The van der Waals surface area contributed by atoms with Crippen LogP contribution in [0.25, 0.3) is 0 Å². The summed E-state index contributed by atoms with van der Waals surface area (Å²) < 4.78 is 35.0. The van der Waals surface area contributed by atoms with E-state index >= 15 is 0 Å². The maximum absolute atomic E-state index is 12.7. The Balaban J connectivity index is 2.48. The molecule has 5 nitrogen and oxygen atoms in total. The third-order valence-corrected chi connectivity index (χ3v) is 3.60. The van der Waals surface area contributed by atoms with Gasteiger partial charge in [-0.25, -0.2) is 9.69 Å². The van der Waals surface area contributed by atoms with E-state index < -0.39 is 29.6 Å². The van der Waals surface area contributed by atoms with Gasteiger partial charge in [0.15, 0.2) is 0 Å². The molecule has 1 aromatic carbocycles. The molecule has 0 saturated heterocycles. The summed E-state index contributed by atoms with van der Waals surface area (Å²) in [5.41, 5.74) is -0.868. The van der Waals surface area contributed by atoms with Crippen molar-refractivity contribution in [1.82, 2.24) is 4.90 Å². The molecule has 0 bridgehead atoms. The van der Waals surface area contributed by atoms with Gasteiger partial charge >= 0.3 is 12.7 Å². The molecule has 0 N–H and O–H groups in total. The fourth-order valence-electron chi connectivity index (χ4n) is 2.66. The fourth-order valence-corrected chi connectivity index (χ4v) is 2.66. The van der Waals surface area contributed by atoms with Crippen LogP contribution in [0.1, 0.15) is 50.5 Å². The summed E-state index contributed by atoms with van der Waals surface area (Å²) in [4.78, 5) is 26.0. The average Bonchev–Trinajstić information content (AvgIpc) is 2.40. The molecule has 1 aliphatic heterocycles. The van der Waals surface area contributed by atoms with Crippen LogP contribution in [0.4, 0.5) is 13.6 Å². The number of nitrogens with zero attached hydrogens (tertiary/aromatic N) is 1. The zero-order chi connectivity index (χ0) is 18.3. The second-order valence-corrected chi connectivity index (χ2v) is 7.31. The maximum atomic E-state index is 12.7. The van der Waals surface area contributed by atoms with Crippen molar-refractivity contribution in [2.75, 3.05) is 6.54 Å². The number of amides is 2. The van der Waals surface area contributed by atoms with Crippen LogP contribution in [0.5, 0.6) is 5.75 Å². The van der Waals surface area contributed by atoms with Crippen LogP contribution in [0.15, 0.2) is 18.2 Å². The molecule has 0 fully saturated rings. The van der Waals surface area contributed by atoms with Crippen molar-refractivity contribution >= 4 is 12.0 Å². The van der Waals surface area contributed by atoms with E-state index in [2.05, 4.69) is 4.74 Å². The number of hydrogen-bond donors (Lipinski definition) is 0. The molecule has 132 valence electrons. The van der Waals surface area contributed by atoms with E-state index in [4.69, 9.17) is 4.74 Å². The minimum absolute atomic E-state index is 0.0279. The van der Waals surface area contributed by atoms with Crippen LogP contribution >= 0.6 is 0 Å². The van der Waals surface area contributed by atoms with Crippen molar-refractivity contribution in [2.24, 2.45) is 0 Å². The Hall–Kier alpha value is -2.18. The average molecular weight is 341 g/mol. The van der Waals surface area contributed by atoms with E-state index in [0.29, 0.717) is 5.56 Å². The number of halogens is 2. The first kappa shape index (κ1) is 18.2. The zero-order valence-corrected chi connectivity index (χ0v) is 14.4. The van der Waals surface area contributed by atoms with Gasteiger partial charge < -0.3 is 9.47 Å². The van der Waals surface area contributed by atoms with Crippen LogP contribution < -0.4 is 4.74 Å². The third-order valence-electron chi connectivity index (χ3n) is 3.60. The molecule has 0 aliphatic carbocycles. The fraction of sp³-hybridized carbons (Fsp3) is 0.529. The van der Waals surface area contributed by atoms with E-state index in [1.54, 1.807) is 32.9 Å². The Bertz CT molecular complexity index is 665. The van der Waals surface area contributed by atoms with Crippen molar-refractivity contribution in [2.45, 2.75) is 52.2 Å². The summed E-state index contributed by atoms with van der Waals surface area (Å²) in [7, 11) is 0. The minimum Gasteiger partial charge on any atom is -0.443 e. The van der Waals surface area contributed by atoms with Gasteiger partial charge in [-0.1, -0.05) is 26.0 Å². The van der Waals surface area contributed by atoms with Gasteiger partial charge in [0.1, 0.15) is 11.4 Å². The Morgan fingerprint density at radius 2 is 1.92 bits per heavy atom. The predicted octanol–water partition coefficient (Wildman–Crippen LogP) is 3.96. The number of carbonyl (C=O) groups excluding carboxylic acids is 2. The molecule has 0 spiro atoms. The Labute approximate surface area is 139 Å². The largest absolute Gasteiger partial charge is 0.443 e. The number of benzene rings is 1. The summed E-state index contributed by atoms with van der Waals surface area (Å²) in [6, 6.07) is 4.52. The molecule has 7 heteroatoms. The summed E-state index contributed by atoms with van der Waals surface area (Å²) in [6.45, 7) is 5.72. The summed E-state index contributed by atoms with van der Waals surface area (Å²) in [5, 5.41) is 0. The van der Waals surface area contributed by atoms with Crippen molar-refractivity contribution in [3.8, 4) is 5.75 Å². The van der Waals surface area contributed by atoms with Crippen LogP contribution in [-0.4, -0.2) is 35.7 Å². The molecule has 2 rings (SSSR count). The van der Waals surface area contributed by atoms with Gasteiger partial charge in [0.2, 0.25) is 0 Å². The molecule has 24 heavy (non-hydrogen) atoms. The molecule has 0 radical (unpaired) electrons. The van der Waals surface area contributed by atoms with E-state index in [-0.39, 0.29) is 17.9 Å². The molecular formula is C17H21F2NO4. The van der Waals surface area contributed by atoms with E-state index in [0.717, 1.165) is 4.90 Å². The summed E-state index contributed by atoms with van der Waals surface area (Å²) in [6.07, 6.45) is -0.807. The van der Waals surface area contributed by atoms with Crippen LogP contribution in [0, 0.1) is 0 Å². The van der Waals surface area contributed by atoms with Gasteiger partial charge in [-0.3, -0.25) is 4.79 Å². The number of carbonyl (C=O) groups is 2. The normalized spacial score (nSPS) is 16.8. The molecule has 1 heterocycles. The number of fused-ring (bicyclic) bond motifs is 1. The van der Waals surface area contributed by atoms with Gasteiger partial charge in [0, 0.05) is 12.0 Å². The van der Waals surface area contributed by atoms with Crippen LogP contribution in [-0.2, 0) is 10.2 Å². The van der Waals surface area contributed by atoms with Crippen molar-refractivity contribution in [3.05, 3.63) is 29.3 Å². The quantitative estimate of drug-likeness (QED) is 0.817. The van der Waals surface area contributed by atoms with Crippen LogP contribution in [0.2, 0.25) is 0 Å². The summed E-state index contributed by atoms with van der Waals surface area (Å²) >= 11 is 0. The Morgan fingerprint density at radius 1 is 1.29 bits per heavy atom. The SMILES string of the molecule is CC(C)(C)OC(=O)N1CC(C)(C)c2cccc(OC(F)F)c2C1=O. The molecule has 0 unspecified atom stereocenters. The molecule has 0 atom stereocenters. The number of rotatable bonds is 2. The monoisotopic (exact) mass is 341 g/mol. The molecule has 1 aromatic rings. The standard InChI is InChI=1S/C17H21F2NO4/c1-16(2,3)24-15(22)20-9-17(4,5)10-7-6-8-11(23-14(18)19)12(10)13(20)21/h6-8,14H,9H2,1-5H3. The zero-order valence-electron chi connectivity index (χ0n) is 14.4. The van der Waals surface area contributed by atoms with Gasteiger partial charge in [0.25, 0.3) is 5.91 Å². The first-order valence-corrected chi connectivity index (χ1v) is 7.55. The second kappa shape index (κ2) is 6.03. The lowest BCUT2D eigenvalue weighted by molar-refractivity contribution is -0.0505. The Kier molecular flexibility index (Phi) is 4.57. The topological polar surface area (TPSA) is 55.8 Å². The maximum Gasteiger partial charge on any atom is 0.417 e. The molecule has 0 saturated carbocycles. The first-order chi connectivity index (χ1) is 10.9. The lowest BCUT2D eigenvalue weighted by Gasteiger charge is -2.39. The molecular weight excluding hydrogens is 320 g/mol. The van der Waals surface area contributed by atoms with E-state index in [9.17, 15) is 18.4 Å². The third kappa shape index (κ3) is 3.66. The van der Waals surface area contributed by atoms with Gasteiger partial charge in [0.05, 0.1) is 5.56 Å². The minimum atomic E-state index is -3.07. The lowest BCUT2D eigenvalue weighted by atomic mass is 9.78. The summed E-state index contributed by atoms with van der Waals surface area (Å²) in [5.74, 6) is -0.941. The molecule has 2 amide bonds. The second-order valence-electron chi connectivity index (χ2n) is 7.31. The van der Waals surface area contributed by atoms with Crippen LogP contribution in [0.3, 0.4) is 0 Å². The number of alkyl halides is 2. The van der Waals surface area contributed by atoms with Gasteiger partial charge in [-0.15, -0.1) is 0 Å². The highest BCUT2D eigenvalue weighted by molar-refractivity contribution is 6.07. The van der Waals surface area contributed by atoms with Gasteiger partial charge in [-0.05, 0) is 32.4 Å². The molecule has 1 aliphatic rings. The molecule has 0 aromatic heterocycles. The highest BCUT2D eigenvalue weighted by Gasteiger charge is 2.42. The smallest absolute Gasteiger partial charge is 0.417 e. The van der Waals surface area contributed by atoms with Crippen molar-refractivity contribution in [1.29, 1.82) is 0 Å². The first-order valence-electron chi connectivity index (χ1n) is 7.55.